The number of halogens is 2. The van der Waals surface area contributed by atoms with Crippen molar-refractivity contribution >= 4 is 41.8 Å². The van der Waals surface area contributed by atoms with E-state index in [9.17, 15) is 4.79 Å². The van der Waals surface area contributed by atoms with E-state index >= 15 is 0 Å². The number of hydrogen-bond donors (Lipinski definition) is 2. The number of unbranched alkanes of at least 4 members (excludes halogenated alkanes) is 3. The first-order valence-electron chi connectivity index (χ1n) is 9.71. The average molecular weight is 437 g/mol. The van der Waals surface area contributed by atoms with Crippen molar-refractivity contribution < 1.29 is 4.79 Å². The standard InChI is InChI=1S/C22H28N4O.2ClH/c23-14-6-2-1-3-9-22(27)24-15-18-10-12-19(13-11-18)16-26-17-25-20-7-4-5-8-21(20)26;;/h4-5,7-8,10-13,17H,1-3,6,9,14-16,23H2,(H,24,27);2*1H. The zero-order valence-corrected chi connectivity index (χ0v) is 18.2. The lowest BCUT2D eigenvalue weighted by Gasteiger charge is -2.08. The first kappa shape index (κ1) is 25.0. The number of aromatic nitrogens is 2. The molecule has 3 aromatic rings. The van der Waals surface area contributed by atoms with E-state index in [1.807, 2.05) is 24.5 Å². The van der Waals surface area contributed by atoms with Gasteiger partial charge in [-0.1, -0.05) is 49.2 Å². The van der Waals surface area contributed by atoms with E-state index in [-0.39, 0.29) is 30.7 Å². The molecule has 29 heavy (non-hydrogen) atoms. The Hall–Kier alpha value is -2.08. The number of nitrogens with zero attached hydrogens (tertiary/aromatic N) is 2. The maximum absolute atomic E-state index is 11.9. The van der Waals surface area contributed by atoms with Crippen LogP contribution in [0.25, 0.3) is 11.0 Å². The number of amides is 1. The number of imidazole rings is 1. The lowest BCUT2D eigenvalue weighted by molar-refractivity contribution is -0.121. The van der Waals surface area contributed by atoms with Gasteiger partial charge in [-0.15, -0.1) is 24.8 Å². The number of fused-ring (bicyclic) bond motifs is 1. The van der Waals surface area contributed by atoms with Gasteiger partial charge >= 0.3 is 0 Å². The Bertz CT molecular complexity index is 865. The monoisotopic (exact) mass is 436 g/mol. The predicted molar refractivity (Wildman–Crippen MR) is 124 cm³/mol. The first-order valence-corrected chi connectivity index (χ1v) is 9.71. The number of hydrogen-bond acceptors (Lipinski definition) is 3. The van der Waals surface area contributed by atoms with Crippen LogP contribution in [0.4, 0.5) is 0 Å². The van der Waals surface area contributed by atoms with Crippen molar-refractivity contribution in [3.63, 3.8) is 0 Å². The third-order valence-corrected chi connectivity index (χ3v) is 4.75. The molecule has 1 aromatic heterocycles. The Kier molecular flexibility index (Phi) is 11.4. The molecule has 0 aliphatic heterocycles. The molecule has 0 atom stereocenters. The second kappa shape index (κ2) is 13.2. The third-order valence-electron chi connectivity index (χ3n) is 4.75. The molecule has 0 aliphatic rings. The van der Waals surface area contributed by atoms with Gasteiger partial charge in [0.05, 0.1) is 17.4 Å². The number of benzene rings is 2. The lowest BCUT2D eigenvalue weighted by Crippen LogP contribution is -2.22. The summed E-state index contributed by atoms with van der Waals surface area (Å²) in [5.41, 5.74) is 9.96. The van der Waals surface area contributed by atoms with Gasteiger partial charge < -0.3 is 15.6 Å². The Morgan fingerprint density at radius 2 is 1.62 bits per heavy atom. The van der Waals surface area contributed by atoms with Crippen molar-refractivity contribution in [2.24, 2.45) is 5.73 Å². The molecule has 7 heteroatoms. The van der Waals surface area contributed by atoms with E-state index < -0.39 is 0 Å². The fraction of sp³-hybridized carbons (Fsp3) is 0.364. The van der Waals surface area contributed by atoms with Crippen LogP contribution in [0.1, 0.15) is 43.2 Å². The van der Waals surface area contributed by atoms with E-state index in [4.69, 9.17) is 5.73 Å². The summed E-state index contributed by atoms with van der Waals surface area (Å²) in [7, 11) is 0. The van der Waals surface area contributed by atoms with Gasteiger partial charge in [-0.25, -0.2) is 4.98 Å². The molecular formula is C22H30Cl2N4O. The summed E-state index contributed by atoms with van der Waals surface area (Å²) in [6, 6.07) is 16.5. The van der Waals surface area contributed by atoms with Crippen LogP contribution in [-0.4, -0.2) is 22.0 Å². The summed E-state index contributed by atoms with van der Waals surface area (Å²) in [6.07, 6.45) is 6.63. The molecule has 0 fully saturated rings. The van der Waals surface area contributed by atoms with Gasteiger partial charge in [0.15, 0.2) is 0 Å². The van der Waals surface area contributed by atoms with Crippen LogP contribution in [0.2, 0.25) is 0 Å². The Labute approximate surface area is 184 Å². The summed E-state index contributed by atoms with van der Waals surface area (Å²) in [4.78, 5) is 16.3. The molecule has 0 unspecified atom stereocenters. The van der Waals surface area contributed by atoms with E-state index in [1.54, 1.807) is 0 Å². The second-order valence-corrected chi connectivity index (χ2v) is 6.91. The molecule has 0 aliphatic carbocycles. The number of para-hydroxylation sites is 2. The van der Waals surface area contributed by atoms with Crippen molar-refractivity contribution in [3.05, 3.63) is 66.0 Å². The number of nitrogens with two attached hydrogens (primary N) is 1. The van der Waals surface area contributed by atoms with Crippen LogP contribution in [0, 0.1) is 0 Å². The molecule has 3 N–H and O–H groups in total. The van der Waals surface area contributed by atoms with E-state index in [0.29, 0.717) is 13.0 Å². The SMILES string of the molecule is Cl.Cl.NCCCCCCC(=O)NCc1ccc(Cn2cnc3ccccc32)cc1. The van der Waals surface area contributed by atoms with Crippen LogP contribution < -0.4 is 11.1 Å². The van der Waals surface area contributed by atoms with Crippen molar-refractivity contribution in [1.82, 2.24) is 14.9 Å². The highest BCUT2D eigenvalue weighted by atomic mass is 35.5. The van der Waals surface area contributed by atoms with Crippen molar-refractivity contribution in [2.75, 3.05) is 6.54 Å². The summed E-state index contributed by atoms with van der Waals surface area (Å²) >= 11 is 0. The van der Waals surface area contributed by atoms with E-state index in [1.165, 1.54) is 5.56 Å². The number of nitrogens with one attached hydrogen (secondary N) is 1. The van der Waals surface area contributed by atoms with Gasteiger partial charge in [-0.3, -0.25) is 4.79 Å². The fourth-order valence-corrected chi connectivity index (χ4v) is 3.17. The van der Waals surface area contributed by atoms with Crippen molar-refractivity contribution in [1.29, 1.82) is 0 Å². The van der Waals surface area contributed by atoms with Gasteiger partial charge in [0.2, 0.25) is 5.91 Å². The van der Waals surface area contributed by atoms with Crippen molar-refractivity contribution in [2.45, 2.75) is 45.2 Å². The first-order chi connectivity index (χ1) is 13.3. The molecule has 0 radical (unpaired) electrons. The minimum absolute atomic E-state index is 0. The summed E-state index contributed by atoms with van der Waals surface area (Å²) in [5.74, 6) is 0.122. The molecular weight excluding hydrogens is 407 g/mol. The number of carbonyl (C=O) groups is 1. The molecule has 3 rings (SSSR count). The van der Waals surface area contributed by atoms with Gasteiger partial charge in [0.25, 0.3) is 0 Å². The lowest BCUT2D eigenvalue weighted by atomic mass is 10.1. The van der Waals surface area contributed by atoms with Crippen LogP contribution in [-0.2, 0) is 17.9 Å². The van der Waals surface area contributed by atoms with Crippen LogP contribution in [0.15, 0.2) is 54.9 Å². The average Bonchev–Trinajstić information content (AvgIpc) is 3.10. The zero-order chi connectivity index (χ0) is 18.9. The minimum atomic E-state index is 0. The maximum atomic E-state index is 11.9. The van der Waals surface area contributed by atoms with Crippen LogP contribution in [0.5, 0.6) is 0 Å². The summed E-state index contributed by atoms with van der Waals surface area (Å²) in [5, 5.41) is 3.00. The Morgan fingerprint density at radius 1 is 0.931 bits per heavy atom. The molecule has 1 amide bonds. The minimum Gasteiger partial charge on any atom is -0.352 e. The smallest absolute Gasteiger partial charge is 0.220 e. The molecule has 2 aromatic carbocycles. The molecule has 158 valence electrons. The summed E-state index contributed by atoms with van der Waals surface area (Å²) in [6.45, 7) is 2.10. The zero-order valence-electron chi connectivity index (χ0n) is 16.5. The van der Waals surface area contributed by atoms with Gasteiger partial charge in [0, 0.05) is 19.5 Å². The Balaban J connectivity index is 0.00000210. The largest absolute Gasteiger partial charge is 0.352 e. The van der Waals surface area contributed by atoms with Gasteiger partial charge in [0.1, 0.15) is 0 Å². The summed E-state index contributed by atoms with van der Waals surface area (Å²) < 4.78 is 2.15. The topological polar surface area (TPSA) is 72.9 Å². The quantitative estimate of drug-likeness (QED) is 0.460. The maximum Gasteiger partial charge on any atom is 0.220 e. The highest BCUT2D eigenvalue weighted by Crippen LogP contribution is 2.14. The normalized spacial score (nSPS) is 10.2. The number of carbonyl (C=O) groups excluding carboxylic acids is 1. The predicted octanol–water partition coefficient (Wildman–Crippen LogP) is 4.45. The van der Waals surface area contributed by atoms with E-state index in [0.717, 1.165) is 55.4 Å². The molecule has 0 saturated heterocycles. The van der Waals surface area contributed by atoms with Gasteiger partial charge in [-0.05, 0) is 42.6 Å². The second-order valence-electron chi connectivity index (χ2n) is 6.91. The van der Waals surface area contributed by atoms with Gasteiger partial charge in [-0.2, -0.15) is 0 Å². The number of rotatable bonds is 10. The third kappa shape index (κ3) is 7.69. The van der Waals surface area contributed by atoms with E-state index in [2.05, 4.69) is 45.2 Å². The highest BCUT2D eigenvalue weighted by molar-refractivity contribution is 5.85. The fourth-order valence-electron chi connectivity index (χ4n) is 3.17. The molecule has 0 spiro atoms. The Morgan fingerprint density at radius 3 is 2.38 bits per heavy atom. The van der Waals surface area contributed by atoms with Crippen LogP contribution in [0.3, 0.4) is 0 Å². The van der Waals surface area contributed by atoms with Crippen molar-refractivity contribution in [3.8, 4) is 0 Å². The highest BCUT2D eigenvalue weighted by Gasteiger charge is 2.04. The molecule has 0 saturated carbocycles. The molecule has 5 nitrogen and oxygen atoms in total. The molecule has 0 bridgehead atoms. The van der Waals surface area contributed by atoms with Crippen LogP contribution >= 0.6 is 24.8 Å². The molecule has 1 heterocycles.